The number of hydrogen-bond acceptors (Lipinski definition) is 4. The van der Waals surface area contributed by atoms with Gasteiger partial charge in [-0.1, -0.05) is 66.7 Å². The standard InChI is InChI=1S/C24H21NO5/c26-23(27)22(15-29-16-8-2-1-3-9-16)25-24(28)30-14-21-19-12-6-4-10-17(19)18-11-5-7-13-20(18)21/h1-13,21-22H,14-15H2,(H,25,28)(H,26,27). The second kappa shape index (κ2) is 8.69. The number of rotatable bonds is 7. The maximum atomic E-state index is 12.3. The van der Waals surface area contributed by atoms with Crippen LogP contribution in [0, 0.1) is 0 Å². The lowest BCUT2D eigenvalue weighted by Gasteiger charge is -2.18. The molecule has 1 amide bonds. The minimum Gasteiger partial charge on any atom is -0.491 e. The van der Waals surface area contributed by atoms with Crippen molar-refractivity contribution in [1.82, 2.24) is 5.32 Å². The zero-order chi connectivity index (χ0) is 20.9. The minimum atomic E-state index is -1.22. The fourth-order valence-electron chi connectivity index (χ4n) is 3.65. The first-order valence-electron chi connectivity index (χ1n) is 9.65. The molecule has 0 saturated heterocycles. The lowest BCUT2D eigenvalue weighted by atomic mass is 9.98. The van der Waals surface area contributed by atoms with Gasteiger partial charge in [-0.25, -0.2) is 9.59 Å². The van der Waals surface area contributed by atoms with Crippen LogP contribution in [0.4, 0.5) is 4.79 Å². The van der Waals surface area contributed by atoms with E-state index in [0.29, 0.717) is 5.75 Å². The van der Waals surface area contributed by atoms with E-state index < -0.39 is 18.1 Å². The van der Waals surface area contributed by atoms with Crippen LogP contribution in [0.25, 0.3) is 11.1 Å². The van der Waals surface area contributed by atoms with Crippen molar-refractivity contribution in [3.05, 3.63) is 90.0 Å². The first-order chi connectivity index (χ1) is 14.6. The van der Waals surface area contributed by atoms with Crippen LogP contribution in [-0.4, -0.2) is 36.4 Å². The zero-order valence-electron chi connectivity index (χ0n) is 16.2. The van der Waals surface area contributed by atoms with E-state index in [2.05, 4.69) is 17.4 Å². The summed E-state index contributed by atoms with van der Waals surface area (Å²) >= 11 is 0. The Balaban J connectivity index is 1.38. The highest BCUT2D eigenvalue weighted by Crippen LogP contribution is 2.44. The molecule has 1 unspecified atom stereocenters. The Morgan fingerprint density at radius 3 is 2.03 bits per heavy atom. The first kappa shape index (κ1) is 19.5. The van der Waals surface area contributed by atoms with Crippen LogP contribution in [0.2, 0.25) is 0 Å². The largest absolute Gasteiger partial charge is 0.491 e. The number of carboxylic acid groups (broad SMARTS) is 1. The zero-order valence-corrected chi connectivity index (χ0v) is 16.2. The van der Waals surface area contributed by atoms with Crippen LogP contribution < -0.4 is 10.1 Å². The van der Waals surface area contributed by atoms with Gasteiger partial charge in [0.05, 0.1) is 0 Å². The summed E-state index contributed by atoms with van der Waals surface area (Å²) < 4.78 is 10.9. The third kappa shape index (κ3) is 4.12. The molecule has 0 heterocycles. The second-order valence-corrected chi connectivity index (χ2v) is 6.98. The molecule has 1 aliphatic rings. The molecule has 3 aromatic rings. The number of amides is 1. The second-order valence-electron chi connectivity index (χ2n) is 6.98. The van der Waals surface area contributed by atoms with Gasteiger partial charge in [0.1, 0.15) is 19.0 Å². The monoisotopic (exact) mass is 403 g/mol. The highest BCUT2D eigenvalue weighted by molar-refractivity contribution is 5.81. The van der Waals surface area contributed by atoms with E-state index in [-0.39, 0.29) is 19.1 Å². The number of benzene rings is 3. The van der Waals surface area contributed by atoms with Crippen molar-refractivity contribution in [2.75, 3.05) is 13.2 Å². The third-order valence-electron chi connectivity index (χ3n) is 5.09. The molecule has 1 atom stereocenters. The van der Waals surface area contributed by atoms with Gasteiger partial charge in [0, 0.05) is 5.92 Å². The Morgan fingerprint density at radius 1 is 0.867 bits per heavy atom. The highest BCUT2D eigenvalue weighted by Gasteiger charge is 2.29. The van der Waals surface area contributed by atoms with Crippen molar-refractivity contribution < 1.29 is 24.2 Å². The summed E-state index contributed by atoms with van der Waals surface area (Å²) in [5.74, 6) is -0.760. The van der Waals surface area contributed by atoms with Gasteiger partial charge in [-0.05, 0) is 34.4 Å². The van der Waals surface area contributed by atoms with E-state index in [4.69, 9.17) is 9.47 Å². The highest BCUT2D eigenvalue weighted by atomic mass is 16.5. The molecule has 6 heteroatoms. The van der Waals surface area contributed by atoms with Crippen LogP contribution in [0.15, 0.2) is 78.9 Å². The number of carbonyl (C=O) groups is 2. The molecule has 3 aromatic carbocycles. The molecule has 0 aliphatic heterocycles. The Labute approximate surface area is 174 Å². The van der Waals surface area contributed by atoms with Crippen molar-refractivity contribution in [2.45, 2.75) is 12.0 Å². The molecule has 0 saturated carbocycles. The van der Waals surface area contributed by atoms with Gasteiger partial charge < -0.3 is 19.9 Å². The molecule has 2 N–H and O–H groups in total. The molecule has 152 valence electrons. The summed E-state index contributed by atoms with van der Waals surface area (Å²) in [6.07, 6.45) is -0.791. The van der Waals surface area contributed by atoms with E-state index in [1.807, 2.05) is 42.5 Å². The maximum Gasteiger partial charge on any atom is 0.407 e. The average molecular weight is 403 g/mol. The van der Waals surface area contributed by atoms with Crippen molar-refractivity contribution in [1.29, 1.82) is 0 Å². The van der Waals surface area contributed by atoms with Crippen molar-refractivity contribution >= 4 is 12.1 Å². The number of carboxylic acids is 1. The van der Waals surface area contributed by atoms with Gasteiger partial charge in [-0.2, -0.15) is 0 Å². The quantitative estimate of drug-likeness (QED) is 0.622. The number of nitrogens with one attached hydrogen (secondary N) is 1. The third-order valence-corrected chi connectivity index (χ3v) is 5.09. The summed E-state index contributed by atoms with van der Waals surface area (Å²) in [6.45, 7) is -0.0880. The van der Waals surface area contributed by atoms with Gasteiger partial charge in [0.25, 0.3) is 0 Å². The average Bonchev–Trinajstić information content (AvgIpc) is 3.09. The van der Waals surface area contributed by atoms with Crippen molar-refractivity contribution in [3.8, 4) is 16.9 Å². The molecule has 0 bridgehead atoms. The lowest BCUT2D eigenvalue weighted by Crippen LogP contribution is -2.45. The number of aliphatic carboxylic acids is 1. The van der Waals surface area contributed by atoms with Gasteiger partial charge in [-0.15, -0.1) is 0 Å². The normalized spacial score (nSPS) is 13.1. The van der Waals surface area contributed by atoms with Crippen LogP contribution >= 0.6 is 0 Å². The molecule has 4 rings (SSSR count). The lowest BCUT2D eigenvalue weighted by molar-refractivity contribution is -0.140. The fraction of sp³-hybridized carbons (Fsp3) is 0.167. The molecule has 0 spiro atoms. The maximum absolute atomic E-state index is 12.3. The van der Waals surface area contributed by atoms with E-state index in [1.54, 1.807) is 24.3 Å². The van der Waals surface area contributed by atoms with E-state index in [0.717, 1.165) is 22.3 Å². The molecule has 0 radical (unpaired) electrons. The van der Waals surface area contributed by atoms with Crippen molar-refractivity contribution in [2.24, 2.45) is 0 Å². The number of alkyl carbamates (subject to hydrolysis) is 1. The predicted octanol–water partition coefficient (Wildman–Crippen LogP) is 4.06. The topological polar surface area (TPSA) is 84.9 Å². The Kier molecular flexibility index (Phi) is 5.66. The minimum absolute atomic E-state index is 0.0907. The Bertz CT molecular complexity index is 1000. The first-order valence-corrected chi connectivity index (χ1v) is 9.65. The van der Waals surface area contributed by atoms with Gasteiger partial charge in [-0.3, -0.25) is 0 Å². The predicted molar refractivity (Wildman–Crippen MR) is 112 cm³/mol. The summed E-state index contributed by atoms with van der Waals surface area (Å²) in [7, 11) is 0. The van der Waals surface area contributed by atoms with Crippen LogP contribution in [0.5, 0.6) is 5.75 Å². The number of para-hydroxylation sites is 1. The van der Waals surface area contributed by atoms with Crippen LogP contribution in [0.3, 0.4) is 0 Å². The van der Waals surface area contributed by atoms with Crippen LogP contribution in [-0.2, 0) is 9.53 Å². The van der Waals surface area contributed by atoms with Crippen molar-refractivity contribution in [3.63, 3.8) is 0 Å². The fourth-order valence-corrected chi connectivity index (χ4v) is 3.65. The van der Waals surface area contributed by atoms with Gasteiger partial charge >= 0.3 is 12.1 Å². The number of carbonyl (C=O) groups excluding carboxylic acids is 1. The smallest absolute Gasteiger partial charge is 0.407 e. The molecule has 0 fully saturated rings. The molecule has 1 aliphatic carbocycles. The summed E-state index contributed by atoms with van der Waals surface area (Å²) in [4.78, 5) is 23.8. The van der Waals surface area contributed by atoms with Gasteiger partial charge in [0.2, 0.25) is 0 Å². The van der Waals surface area contributed by atoms with E-state index in [9.17, 15) is 14.7 Å². The van der Waals surface area contributed by atoms with Crippen LogP contribution in [0.1, 0.15) is 17.0 Å². The molecule has 0 aromatic heterocycles. The number of hydrogen-bond donors (Lipinski definition) is 2. The summed E-state index contributed by atoms with van der Waals surface area (Å²) in [5, 5.41) is 11.8. The molecular weight excluding hydrogens is 382 g/mol. The van der Waals surface area contributed by atoms with E-state index in [1.165, 1.54) is 0 Å². The number of ether oxygens (including phenoxy) is 2. The summed E-state index contributed by atoms with van der Waals surface area (Å²) in [5.41, 5.74) is 4.44. The Morgan fingerprint density at radius 2 is 1.43 bits per heavy atom. The summed E-state index contributed by atoms with van der Waals surface area (Å²) in [6, 6.07) is 23.6. The SMILES string of the molecule is O=C(NC(COc1ccccc1)C(=O)O)OCC1c2ccccc2-c2ccccc21. The molecular formula is C24H21NO5. The number of fused-ring (bicyclic) bond motifs is 3. The Hall–Kier alpha value is -3.80. The molecule has 30 heavy (non-hydrogen) atoms. The molecule has 6 nitrogen and oxygen atoms in total. The van der Waals surface area contributed by atoms with E-state index >= 15 is 0 Å². The van der Waals surface area contributed by atoms with Gasteiger partial charge in [0.15, 0.2) is 6.04 Å².